The minimum absolute atomic E-state index is 0.0328. The van der Waals surface area contributed by atoms with Crippen LogP contribution >= 0.6 is 0 Å². The molecule has 0 aromatic heterocycles. The van der Waals surface area contributed by atoms with Crippen LogP contribution in [0.2, 0.25) is 0 Å². The molecule has 0 aliphatic carbocycles. The topological polar surface area (TPSA) is 35.5 Å². The van der Waals surface area contributed by atoms with Crippen molar-refractivity contribution >= 4 is 5.97 Å². The molecule has 88 valence electrons. The quantitative estimate of drug-likeness (QED) is 0.743. The van der Waals surface area contributed by atoms with E-state index >= 15 is 0 Å². The lowest BCUT2D eigenvalue weighted by Gasteiger charge is -2.10. The number of esters is 1. The van der Waals surface area contributed by atoms with Crippen LogP contribution in [-0.4, -0.2) is 19.7 Å². The third kappa shape index (κ3) is 2.92. The lowest BCUT2D eigenvalue weighted by molar-refractivity contribution is -0.142. The van der Waals surface area contributed by atoms with Crippen LogP contribution in [0.4, 0.5) is 8.78 Å². The van der Waals surface area contributed by atoms with Crippen molar-refractivity contribution in [2.24, 2.45) is 0 Å². The largest absolute Gasteiger partial charge is 0.481 e. The van der Waals surface area contributed by atoms with Gasteiger partial charge in [0.05, 0.1) is 7.11 Å². The summed E-state index contributed by atoms with van der Waals surface area (Å²) in [5.41, 5.74) is 0.241. The van der Waals surface area contributed by atoms with Crippen molar-refractivity contribution in [2.45, 2.75) is 13.3 Å². The van der Waals surface area contributed by atoms with E-state index in [9.17, 15) is 13.6 Å². The Morgan fingerprint density at radius 3 is 2.62 bits per heavy atom. The van der Waals surface area contributed by atoms with Crippen LogP contribution in [-0.2, 0) is 16.0 Å². The average Bonchev–Trinajstić information content (AvgIpc) is 2.25. The van der Waals surface area contributed by atoms with E-state index in [4.69, 9.17) is 4.74 Å². The monoisotopic (exact) mass is 230 g/mol. The number of rotatable bonds is 4. The van der Waals surface area contributed by atoms with E-state index in [1.54, 1.807) is 6.92 Å². The molecule has 0 saturated carbocycles. The lowest BCUT2D eigenvalue weighted by Crippen LogP contribution is -2.13. The second kappa shape index (κ2) is 5.44. The molecule has 5 heteroatoms. The van der Waals surface area contributed by atoms with Crippen molar-refractivity contribution in [2.75, 3.05) is 13.7 Å². The molecule has 0 spiro atoms. The van der Waals surface area contributed by atoms with Crippen LogP contribution in [0.5, 0.6) is 5.75 Å². The Hall–Kier alpha value is -1.65. The molecule has 0 fully saturated rings. The van der Waals surface area contributed by atoms with E-state index < -0.39 is 17.6 Å². The standard InChI is InChI=1S/C11H12F2O3/c1-3-8-9(13)4-7(12)5-10(8)16-6-11(14)15-2/h4-5H,3,6H2,1-2H3. The molecular formula is C11H12F2O3. The normalized spacial score (nSPS) is 10.0. The van der Waals surface area contributed by atoms with E-state index in [1.165, 1.54) is 7.11 Å². The van der Waals surface area contributed by atoms with Gasteiger partial charge in [0.2, 0.25) is 0 Å². The summed E-state index contributed by atoms with van der Waals surface area (Å²) in [6.07, 6.45) is 0.350. The van der Waals surface area contributed by atoms with Crippen molar-refractivity contribution < 1.29 is 23.0 Å². The Bertz CT molecular complexity index is 391. The molecule has 0 unspecified atom stereocenters. The fraction of sp³-hybridized carbons (Fsp3) is 0.364. The first-order valence-corrected chi connectivity index (χ1v) is 4.76. The molecule has 0 amide bonds. The predicted octanol–water partition coefficient (Wildman–Crippen LogP) is 2.08. The maximum Gasteiger partial charge on any atom is 0.343 e. The second-order valence-corrected chi connectivity index (χ2v) is 3.08. The van der Waals surface area contributed by atoms with Gasteiger partial charge in [0.25, 0.3) is 0 Å². The maximum atomic E-state index is 13.3. The van der Waals surface area contributed by atoms with Gasteiger partial charge >= 0.3 is 5.97 Å². The predicted molar refractivity (Wildman–Crippen MR) is 53.2 cm³/mol. The molecule has 0 aliphatic heterocycles. The zero-order valence-corrected chi connectivity index (χ0v) is 9.05. The first-order valence-electron chi connectivity index (χ1n) is 4.76. The number of halogens is 2. The van der Waals surface area contributed by atoms with Gasteiger partial charge in [-0.2, -0.15) is 0 Å². The molecular weight excluding hydrogens is 218 g/mol. The molecule has 0 radical (unpaired) electrons. The van der Waals surface area contributed by atoms with Gasteiger partial charge in [-0.15, -0.1) is 0 Å². The lowest BCUT2D eigenvalue weighted by atomic mass is 10.1. The van der Waals surface area contributed by atoms with Crippen LogP contribution in [0.25, 0.3) is 0 Å². The number of ether oxygens (including phenoxy) is 2. The summed E-state index contributed by atoms with van der Waals surface area (Å²) in [6, 6.07) is 1.83. The minimum atomic E-state index is -0.741. The number of carbonyl (C=O) groups excluding carboxylic acids is 1. The van der Waals surface area contributed by atoms with Crippen molar-refractivity contribution in [1.82, 2.24) is 0 Å². The first-order chi connectivity index (χ1) is 7.58. The van der Waals surface area contributed by atoms with Gasteiger partial charge in [-0.3, -0.25) is 0 Å². The maximum absolute atomic E-state index is 13.3. The van der Waals surface area contributed by atoms with Crippen LogP contribution in [0.3, 0.4) is 0 Å². The Morgan fingerprint density at radius 1 is 1.38 bits per heavy atom. The van der Waals surface area contributed by atoms with Gasteiger partial charge in [0.15, 0.2) is 6.61 Å². The minimum Gasteiger partial charge on any atom is -0.481 e. The number of benzene rings is 1. The molecule has 0 saturated heterocycles. The highest BCUT2D eigenvalue weighted by Gasteiger charge is 2.12. The van der Waals surface area contributed by atoms with E-state index in [0.717, 1.165) is 12.1 Å². The highest BCUT2D eigenvalue weighted by Crippen LogP contribution is 2.23. The van der Waals surface area contributed by atoms with Crippen LogP contribution in [0.15, 0.2) is 12.1 Å². The zero-order chi connectivity index (χ0) is 12.1. The third-order valence-corrected chi connectivity index (χ3v) is 2.05. The number of hydrogen-bond donors (Lipinski definition) is 0. The number of carbonyl (C=O) groups is 1. The Morgan fingerprint density at radius 2 is 2.06 bits per heavy atom. The van der Waals surface area contributed by atoms with Gasteiger partial charge in [-0.25, -0.2) is 13.6 Å². The van der Waals surface area contributed by atoms with Crippen LogP contribution < -0.4 is 4.74 Å². The molecule has 0 heterocycles. The number of methoxy groups -OCH3 is 1. The van der Waals surface area contributed by atoms with Gasteiger partial charge in [-0.1, -0.05) is 6.92 Å². The van der Waals surface area contributed by atoms with E-state index in [2.05, 4.69) is 4.74 Å². The summed E-state index contributed by atoms with van der Waals surface area (Å²) < 4.78 is 35.5. The van der Waals surface area contributed by atoms with Crippen molar-refractivity contribution in [1.29, 1.82) is 0 Å². The molecule has 3 nitrogen and oxygen atoms in total. The average molecular weight is 230 g/mol. The smallest absolute Gasteiger partial charge is 0.343 e. The fourth-order valence-electron chi connectivity index (χ4n) is 1.25. The summed E-state index contributed by atoms with van der Waals surface area (Å²) in [6.45, 7) is 1.34. The summed E-state index contributed by atoms with van der Waals surface area (Å²) in [5, 5.41) is 0. The molecule has 0 N–H and O–H groups in total. The highest BCUT2D eigenvalue weighted by molar-refractivity contribution is 5.70. The van der Waals surface area contributed by atoms with Crippen molar-refractivity contribution in [3.8, 4) is 5.75 Å². The summed E-state index contributed by atoms with van der Waals surface area (Å²) in [7, 11) is 1.21. The zero-order valence-electron chi connectivity index (χ0n) is 9.05. The summed E-state index contributed by atoms with van der Waals surface area (Å²) >= 11 is 0. The molecule has 1 aromatic carbocycles. The Labute approximate surface area is 92.0 Å². The molecule has 1 rings (SSSR count). The summed E-state index contributed by atoms with van der Waals surface area (Å²) in [5.74, 6) is -1.99. The van der Waals surface area contributed by atoms with E-state index in [-0.39, 0.29) is 17.9 Å². The second-order valence-electron chi connectivity index (χ2n) is 3.08. The van der Waals surface area contributed by atoms with Gasteiger partial charge in [-0.05, 0) is 6.42 Å². The molecule has 0 aliphatic rings. The van der Waals surface area contributed by atoms with E-state index in [0.29, 0.717) is 6.42 Å². The molecule has 16 heavy (non-hydrogen) atoms. The SMILES string of the molecule is CCc1c(F)cc(F)cc1OCC(=O)OC. The van der Waals surface area contributed by atoms with E-state index in [1.807, 2.05) is 0 Å². The van der Waals surface area contributed by atoms with Gasteiger partial charge < -0.3 is 9.47 Å². The van der Waals surface area contributed by atoms with Crippen molar-refractivity contribution in [3.63, 3.8) is 0 Å². The first kappa shape index (κ1) is 12.4. The van der Waals surface area contributed by atoms with Crippen molar-refractivity contribution in [3.05, 3.63) is 29.3 Å². The fourth-order valence-corrected chi connectivity index (χ4v) is 1.25. The number of hydrogen-bond acceptors (Lipinski definition) is 3. The summed E-state index contributed by atoms with van der Waals surface area (Å²) in [4.78, 5) is 10.8. The molecule has 0 bridgehead atoms. The molecule has 0 atom stereocenters. The Kier molecular flexibility index (Phi) is 4.22. The van der Waals surface area contributed by atoms with Gasteiger partial charge in [0, 0.05) is 17.7 Å². The van der Waals surface area contributed by atoms with Crippen LogP contribution in [0, 0.1) is 11.6 Å². The van der Waals surface area contributed by atoms with Crippen LogP contribution in [0.1, 0.15) is 12.5 Å². The van der Waals surface area contributed by atoms with Gasteiger partial charge in [0.1, 0.15) is 17.4 Å². The third-order valence-electron chi connectivity index (χ3n) is 2.05. The highest BCUT2D eigenvalue weighted by atomic mass is 19.1. The molecule has 1 aromatic rings. The Balaban J connectivity index is 2.89.